The van der Waals surface area contributed by atoms with Gasteiger partial charge in [-0.05, 0) is 48.9 Å². The van der Waals surface area contributed by atoms with Crippen molar-refractivity contribution in [3.05, 3.63) is 52.8 Å². The Hall–Kier alpha value is -1.79. The van der Waals surface area contributed by atoms with Crippen LogP contribution in [0.25, 0.3) is 0 Å². The minimum absolute atomic E-state index is 0.0252. The van der Waals surface area contributed by atoms with Gasteiger partial charge in [0.15, 0.2) is 0 Å². The molecule has 0 spiro atoms. The van der Waals surface area contributed by atoms with E-state index in [0.29, 0.717) is 16.9 Å². The number of benzene rings is 2. The van der Waals surface area contributed by atoms with E-state index in [2.05, 4.69) is 4.72 Å². The van der Waals surface area contributed by atoms with Gasteiger partial charge < -0.3 is 5.73 Å². The van der Waals surface area contributed by atoms with Crippen LogP contribution in [0, 0.1) is 12.7 Å². The normalized spacial score (nSPS) is 11.3. The highest BCUT2D eigenvalue weighted by molar-refractivity contribution is 7.92. The quantitative estimate of drug-likeness (QED) is 0.855. The molecule has 0 saturated heterocycles. The number of nitrogen functional groups attached to an aromatic ring is 1. The molecular weight excluding hydrogens is 303 g/mol. The molecule has 2 rings (SSSR count). The number of anilines is 2. The fraction of sp³-hybridized carbons (Fsp3) is 0.0769. The largest absolute Gasteiger partial charge is 0.399 e. The summed E-state index contributed by atoms with van der Waals surface area (Å²) in [4.78, 5) is -0.0860. The Morgan fingerprint density at radius 3 is 2.50 bits per heavy atom. The molecule has 0 bridgehead atoms. The number of hydrogen-bond donors (Lipinski definition) is 2. The molecule has 0 saturated carbocycles. The first-order valence-corrected chi connectivity index (χ1v) is 7.50. The molecule has 4 nitrogen and oxygen atoms in total. The summed E-state index contributed by atoms with van der Waals surface area (Å²) in [7, 11) is -3.86. The molecule has 0 aliphatic rings. The average Bonchev–Trinajstić information content (AvgIpc) is 2.32. The Bertz CT molecular complexity index is 763. The molecule has 3 N–H and O–H groups in total. The second-order valence-corrected chi connectivity index (χ2v) is 6.31. The lowest BCUT2D eigenvalue weighted by Gasteiger charge is -2.12. The maximum Gasteiger partial charge on any atom is 0.263 e. The molecule has 7 heteroatoms. The highest BCUT2D eigenvalue weighted by Gasteiger charge is 2.19. The highest BCUT2D eigenvalue weighted by atomic mass is 35.5. The number of halogens is 2. The number of nitrogens with one attached hydrogen (secondary N) is 1. The lowest BCUT2D eigenvalue weighted by molar-refractivity contribution is 0.601. The van der Waals surface area contributed by atoms with Crippen LogP contribution in [0.3, 0.4) is 0 Å². The molecule has 2 aromatic rings. The van der Waals surface area contributed by atoms with Gasteiger partial charge in [-0.2, -0.15) is 0 Å². The standard InChI is InChI=1S/C13H12ClFN2O2S/c1-8-6-9(15)2-4-12(8)17-20(18,19)13-5-3-10(16)7-11(13)14/h2-7,17H,16H2,1H3. The van der Waals surface area contributed by atoms with Crippen molar-refractivity contribution in [2.75, 3.05) is 10.5 Å². The van der Waals surface area contributed by atoms with Crippen molar-refractivity contribution < 1.29 is 12.8 Å². The van der Waals surface area contributed by atoms with Gasteiger partial charge in [0.2, 0.25) is 0 Å². The second kappa shape index (κ2) is 5.30. The summed E-state index contributed by atoms with van der Waals surface area (Å²) in [5.41, 5.74) is 6.65. The van der Waals surface area contributed by atoms with Gasteiger partial charge in [-0.15, -0.1) is 0 Å². The summed E-state index contributed by atoms with van der Waals surface area (Å²) in [6.07, 6.45) is 0. The zero-order valence-electron chi connectivity index (χ0n) is 10.5. The maximum absolute atomic E-state index is 13.0. The molecule has 0 amide bonds. The van der Waals surface area contributed by atoms with Crippen LogP contribution in [0.2, 0.25) is 5.02 Å². The first-order chi connectivity index (χ1) is 9.29. The van der Waals surface area contributed by atoms with Crippen LogP contribution < -0.4 is 10.5 Å². The van der Waals surface area contributed by atoms with E-state index >= 15 is 0 Å². The fourth-order valence-electron chi connectivity index (χ4n) is 1.68. The zero-order valence-corrected chi connectivity index (χ0v) is 12.1. The predicted molar refractivity (Wildman–Crippen MR) is 77.8 cm³/mol. The fourth-order valence-corrected chi connectivity index (χ4v) is 3.36. The van der Waals surface area contributed by atoms with Crippen LogP contribution in [0.1, 0.15) is 5.56 Å². The molecule has 2 aromatic carbocycles. The molecule has 0 aromatic heterocycles. The lowest BCUT2D eigenvalue weighted by Crippen LogP contribution is -2.14. The monoisotopic (exact) mass is 314 g/mol. The molecule has 0 atom stereocenters. The molecule has 0 aliphatic heterocycles. The number of rotatable bonds is 3. The first kappa shape index (κ1) is 14.6. The van der Waals surface area contributed by atoms with Crippen LogP contribution in [-0.4, -0.2) is 8.42 Å². The Labute approximate surface area is 121 Å². The van der Waals surface area contributed by atoms with E-state index in [1.165, 1.54) is 36.4 Å². The van der Waals surface area contributed by atoms with Crippen LogP contribution in [0.4, 0.5) is 15.8 Å². The molecule has 0 fully saturated rings. The van der Waals surface area contributed by atoms with Gasteiger partial charge in [0.1, 0.15) is 10.7 Å². The number of sulfonamides is 1. The van der Waals surface area contributed by atoms with Crippen molar-refractivity contribution in [1.29, 1.82) is 0 Å². The van der Waals surface area contributed by atoms with Crippen molar-refractivity contribution in [3.63, 3.8) is 0 Å². The molecule has 20 heavy (non-hydrogen) atoms. The van der Waals surface area contributed by atoms with Crippen molar-refractivity contribution in [2.24, 2.45) is 0 Å². The van der Waals surface area contributed by atoms with Crippen LogP contribution in [0.5, 0.6) is 0 Å². The third-order valence-electron chi connectivity index (χ3n) is 2.68. The Kier molecular flexibility index (Phi) is 3.87. The molecule has 106 valence electrons. The minimum Gasteiger partial charge on any atom is -0.399 e. The third kappa shape index (κ3) is 3.02. The second-order valence-electron chi connectivity index (χ2n) is 4.25. The van der Waals surface area contributed by atoms with E-state index < -0.39 is 15.8 Å². The van der Waals surface area contributed by atoms with Crippen LogP contribution in [0.15, 0.2) is 41.3 Å². The van der Waals surface area contributed by atoms with Gasteiger partial charge in [-0.1, -0.05) is 11.6 Å². The predicted octanol–water partition coefficient (Wildman–Crippen LogP) is 3.17. The summed E-state index contributed by atoms with van der Waals surface area (Å²) in [5.74, 6) is -0.434. The summed E-state index contributed by atoms with van der Waals surface area (Å²) in [6, 6.07) is 7.88. The van der Waals surface area contributed by atoms with Crippen molar-refractivity contribution >= 4 is 33.0 Å². The van der Waals surface area contributed by atoms with Crippen molar-refractivity contribution in [3.8, 4) is 0 Å². The Morgan fingerprint density at radius 2 is 1.90 bits per heavy atom. The average molecular weight is 315 g/mol. The van der Waals surface area contributed by atoms with E-state index in [9.17, 15) is 12.8 Å². The van der Waals surface area contributed by atoms with E-state index in [1.807, 2.05) is 0 Å². The number of aryl methyl sites for hydroxylation is 1. The van der Waals surface area contributed by atoms with Gasteiger partial charge >= 0.3 is 0 Å². The van der Waals surface area contributed by atoms with Gasteiger partial charge in [0.25, 0.3) is 10.0 Å². The number of nitrogens with two attached hydrogens (primary N) is 1. The summed E-state index contributed by atoms with van der Waals surface area (Å²) in [6.45, 7) is 1.60. The van der Waals surface area contributed by atoms with E-state index in [-0.39, 0.29) is 9.92 Å². The minimum atomic E-state index is -3.86. The topological polar surface area (TPSA) is 72.2 Å². The van der Waals surface area contributed by atoms with Gasteiger partial charge in [0, 0.05) is 5.69 Å². The summed E-state index contributed by atoms with van der Waals surface area (Å²) in [5, 5.41) is 0.0252. The molecule has 0 heterocycles. The Balaban J connectivity index is 2.41. The SMILES string of the molecule is Cc1cc(F)ccc1NS(=O)(=O)c1ccc(N)cc1Cl. The summed E-state index contributed by atoms with van der Waals surface area (Å²) >= 11 is 5.89. The molecule has 0 aliphatic carbocycles. The van der Waals surface area contributed by atoms with E-state index in [0.717, 1.165) is 0 Å². The first-order valence-electron chi connectivity index (χ1n) is 5.63. The molecule has 0 radical (unpaired) electrons. The lowest BCUT2D eigenvalue weighted by atomic mass is 10.2. The molecule has 0 unspecified atom stereocenters. The van der Waals surface area contributed by atoms with Crippen LogP contribution >= 0.6 is 11.6 Å². The maximum atomic E-state index is 13.0. The Morgan fingerprint density at radius 1 is 1.20 bits per heavy atom. The third-order valence-corrected chi connectivity index (χ3v) is 4.53. The van der Waals surface area contributed by atoms with Gasteiger partial charge in [-0.25, -0.2) is 12.8 Å². The summed E-state index contributed by atoms with van der Waals surface area (Å²) < 4.78 is 39.9. The molecular formula is C13H12ClFN2O2S. The van der Waals surface area contributed by atoms with Crippen molar-refractivity contribution in [1.82, 2.24) is 0 Å². The van der Waals surface area contributed by atoms with Crippen molar-refractivity contribution in [2.45, 2.75) is 11.8 Å². The zero-order chi connectivity index (χ0) is 14.9. The smallest absolute Gasteiger partial charge is 0.263 e. The number of hydrogen-bond acceptors (Lipinski definition) is 3. The van der Waals surface area contributed by atoms with E-state index in [1.54, 1.807) is 6.92 Å². The highest BCUT2D eigenvalue weighted by Crippen LogP contribution is 2.26. The van der Waals surface area contributed by atoms with E-state index in [4.69, 9.17) is 17.3 Å². The van der Waals surface area contributed by atoms with Gasteiger partial charge in [-0.3, -0.25) is 4.72 Å². The van der Waals surface area contributed by atoms with Crippen LogP contribution in [-0.2, 0) is 10.0 Å². The van der Waals surface area contributed by atoms with Gasteiger partial charge in [0.05, 0.1) is 10.7 Å².